The fourth-order valence-corrected chi connectivity index (χ4v) is 4.26. The molecule has 0 atom stereocenters. The third-order valence-corrected chi connectivity index (χ3v) is 5.97. The van der Waals surface area contributed by atoms with E-state index in [0.29, 0.717) is 11.8 Å². The lowest BCUT2D eigenvalue weighted by atomic mass is 9.81. The van der Waals surface area contributed by atoms with E-state index < -0.39 is 13.0 Å². The van der Waals surface area contributed by atoms with Crippen molar-refractivity contribution in [2.45, 2.75) is 58.3 Å². The molecule has 0 N–H and O–H groups in total. The molecule has 0 spiro atoms. The molecule has 0 unspecified atom stereocenters. The van der Waals surface area contributed by atoms with Crippen LogP contribution in [-0.4, -0.2) is 54.7 Å². The largest absolute Gasteiger partial charge is 0.472 e. The Labute approximate surface area is 171 Å². The number of aliphatic imine (C=N–C) groups is 1. The highest BCUT2D eigenvalue weighted by atomic mass is 19.3. The SMILES string of the molecule is CC(=O)N=CC1CCC(CCN2CCc3ccc(OCC(F)F)nc3CC2)CC1. The second kappa shape index (κ2) is 10.8. The first kappa shape index (κ1) is 21.8. The summed E-state index contributed by atoms with van der Waals surface area (Å²) in [5.41, 5.74) is 2.17. The lowest BCUT2D eigenvalue weighted by Crippen LogP contribution is -2.29. The molecule has 5 nitrogen and oxygen atoms in total. The molecule has 1 aromatic rings. The number of hydrogen-bond acceptors (Lipinski definition) is 4. The van der Waals surface area contributed by atoms with Crippen molar-refractivity contribution < 1.29 is 18.3 Å². The van der Waals surface area contributed by atoms with E-state index in [0.717, 1.165) is 56.9 Å². The number of alkyl halides is 2. The lowest BCUT2D eigenvalue weighted by Gasteiger charge is -2.28. The minimum atomic E-state index is -2.48. The van der Waals surface area contributed by atoms with E-state index in [9.17, 15) is 13.6 Å². The standard InChI is InChI=1S/C22H31F2N3O2/c1-16(28)25-14-18-4-2-17(3-5-18)8-11-27-12-9-19-6-7-22(29-15-21(23)24)26-20(19)10-13-27/h6-7,14,17-18,21H,2-5,8-13,15H2,1H3. The minimum Gasteiger partial charge on any atom is -0.472 e. The second-order valence-corrected chi connectivity index (χ2v) is 8.17. The predicted molar refractivity (Wildman–Crippen MR) is 109 cm³/mol. The summed E-state index contributed by atoms with van der Waals surface area (Å²) in [7, 11) is 0. The van der Waals surface area contributed by atoms with Crippen molar-refractivity contribution in [1.29, 1.82) is 0 Å². The molecule has 1 amide bonds. The number of halogens is 2. The number of pyridine rings is 1. The first-order chi connectivity index (χ1) is 14.0. The van der Waals surface area contributed by atoms with Crippen molar-refractivity contribution in [3.8, 4) is 5.88 Å². The molecular weight excluding hydrogens is 376 g/mol. The van der Waals surface area contributed by atoms with Crippen molar-refractivity contribution in [2.24, 2.45) is 16.8 Å². The van der Waals surface area contributed by atoms with Crippen LogP contribution in [0.3, 0.4) is 0 Å². The van der Waals surface area contributed by atoms with Crippen molar-refractivity contribution in [3.63, 3.8) is 0 Å². The highest BCUT2D eigenvalue weighted by molar-refractivity contribution is 5.83. The second-order valence-electron chi connectivity index (χ2n) is 8.17. The molecule has 0 saturated heterocycles. The summed E-state index contributed by atoms with van der Waals surface area (Å²) in [5.74, 6) is 1.38. The third kappa shape index (κ3) is 7.14. The lowest BCUT2D eigenvalue weighted by molar-refractivity contribution is -0.115. The molecule has 0 aromatic carbocycles. The van der Waals surface area contributed by atoms with Crippen molar-refractivity contribution in [1.82, 2.24) is 9.88 Å². The Morgan fingerprint density at radius 2 is 2.03 bits per heavy atom. The van der Waals surface area contributed by atoms with Gasteiger partial charge in [-0.05, 0) is 62.5 Å². The molecule has 2 aliphatic rings. The van der Waals surface area contributed by atoms with Crippen molar-refractivity contribution in [2.75, 3.05) is 26.2 Å². The highest BCUT2D eigenvalue weighted by Gasteiger charge is 2.22. The van der Waals surface area contributed by atoms with Crippen LogP contribution in [0.1, 0.15) is 50.3 Å². The predicted octanol–water partition coefficient (Wildman–Crippen LogP) is 3.94. The molecule has 2 heterocycles. The van der Waals surface area contributed by atoms with E-state index in [-0.39, 0.29) is 5.91 Å². The molecule has 160 valence electrons. The van der Waals surface area contributed by atoms with E-state index >= 15 is 0 Å². The smallest absolute Gasteiger partial charge is 0.272 e. The average molecular weight is 408 g/mol. The van der Waals surface area contributed by atoms with Gasteiger partial charge in [-0.2, -0.15) is 0 Å². The van der Waals surface area contributed by atoms with E-state index in [1.807, 2.05) is 12.3 Å². The van der Waals surface area contributed by atoms with Crippen LogP contribution in [0.15, 0.2) is 17.1 Å². The number of hydrogen-bond donors (Lipinski definition) is 0. The summed E-state index contributed by atoms with van der Waals surface area (Å²) in [6.45, 7) is 3.92. The number of rotatable bonds is 7. The van der Waals surface area contributed by atoms with Crippen LogP contribution in [0.4, 0.5) is 8.78 Å². The van der Waals surface area contributed by atoms with Gasteiger partial charge in [0.1, 0.15) is 0 Å². The Bertz CT molecular complexity index is 703. The third-order valence-electron chi connectivity index (χ3n) is 5.97. The van der Waals surface area contributed by atoms with Gasteiger partial charge in [0.15, 0.2) is 6.61 Å². The Morgan fingerprint density at radius 1 is 1.28 bits per heavy atom. The molecule has 0 radical (unpaired) electrons. The fourth-order valence-electron chi connectivity index (χ4n) is 4.26. The number of ether oxygens (including phenoxy) is 1. The monoisotopic (exact) mass is 407 g/mol. The number of carbonyl (C=O) groups is 1. The number of aromatic nitrogens is 1. The first-order valence-electron chi connectivity index (χ1n) is 10.7. The average Bonchev–Trinajstić information content (AvgIpc) is 2.92. The molecule has 1 aromatic heterocycles. The van der Waals surface area contributed by atoms with Crippen molar-refractivity contribution >= 4 is 12.1 Å². The Hall–Kier alpha value is -1.89. The van der Waals surface area contributed by atoms with E-state index in [2.05, 4.69) is 14.9 Å². The molecule has 1 saturated carbocycles. The number of nitrogens with zero attached hydrogens (tertiary/aromatic N) is 3. The van der Waals surface area contributed by atoms with Crippen LogP contribution in [0.5, 0.6) is 5.88 Å². The van der Waals surface area contributed by atoms with Crippen molar-refractivity contribution in [3.05, 3.63) is 23.4 Å². The van der Waals surface area contributed by atoms with Crippen LogP contribution < -0.4 is 4.74 Å². The van der Waals surface area contributed by atoms with Gasteiger partial charge in [0.05, 0.1) is 0 Å². The first-order valence-corrected chi connectivity index (χ1v) is 10.7. The quantitative estimate of drug-likeness (QED) is 0.643. The Balaban J connectivity index is 1.42. The molecule has 29 heavy (non-hydrogen) atoms. The maximum absolute atomic E-state index is 12.3. The summed E-state index contributed by atoms with van der Waals surface area (Å²) < 4.78 is 29.7. The Morgan fingerprint density at radius 3 is 2.76 bits per heavy atom. The molecule has 0 bridgehead atoms. The van der Waals surface area contributed by atoms with Gasteiger partial charge in [0, 0.05) is 44.4 Å². The summed E-state index contributed by atoms with van der Waals surface area (Å²) in [6, 6.07) is 3.67. The topological polar surface area (TPSA) is 54.8 Å². The zero-order valence-electron chi connectivity index (χ0n) is 17.2. The van der Waals surface area contributed by atoms with Gasteiger partial charge in [0.2, 0.25) is 11.8 Å². The highest BCUT2D eigenvalue weighted by Crippen LogP contribution is 2.30. The van der Waals surface area contributed by atoms with Gasteiger partial charge in [-0.15, -0.1) is 0 Å². The zero-order valence-corrected chi connectivity index (χ0v) is 17.2. The van der Waals surface area contributed by atoms with Gasteiger partial charge >= 0.3 is 0 Å². The number of amides is 1. The molecule has 1 fully saturated rings. The maximum Gasteiger partial charge on any atom is 0.272 e. The summed E-state index contributed by atoms with van der Waals surface area (Å²) in [4.78, 5) is 21.8. The van der Waals surface area contributed by atoms with E-state index in [4.69, 9.17) is 4.74 Å². The summed E-state index contributed by atoms with van der Waals surface area (Å²) >= 11 is 0. The van der Waals surface area contributed by atoms with Gasteiger partial charge in [-0.3, -0.25) is 4.79 Å². The van der Waals surface area contributed by atoms with E-state index in [1.165, 1.54) is 31.7 Å². The Kier molecular flexibility index (Phi) is 8.09. The molecule has 1 aliphatic heterocycles. The minimum absolute atomic E-state index is 0.114. The summed E-state index contributed by atoms with van der Waals surface area (Å²) in [5, 5.41) is 0. The van der Waals surface area contributed by atoms with Crippen LogP contribution in [0.2, 0.25) is 0 Å². The van der Waals surface area contributed by atoms with Gasteiger partial charge in [-0.25, -0.2) is 18.8 Å². The van der Waals surface area contributed by atoms with Crippen LogP contribution in [0, 0.1) is 11.8 Å². The van der Waals surface area contributed by atoms with Gasteiger partial charge in [0.25, 0.3) is 6.43 Å². The van der Waals surface area contributed by atoms with Gasteiger partial charge < -0.3 is 9.64 Å². The molecular formula is C22H31F2N3O2. The van der Waals surface area contributed by atoms with Crippen LogP contribution in [-0.2, 0) is 17.6 Å². The molecule has 1 aliphatic carbocycles. The van der Waals surface area contributed by atoms with Gasteiger partial charge in [-0.1, -0.05) is 6.07 Å². The molecule has 3 rings (SSSR count). The summed E-state index contributed by atoms with van der Waals surface area (Å²) in [6.07, 6.45) is 6.98. The maximum atomic E-state index is 12.3. The number of carbonyl (C=O) groups excluding carboxylic acids is 1. The number of fused-ring (bicyclic) bond motifs is 1. The molecule has 7 heteroatoms. The fraction of sp³-hybridized carbons (Fsp3) is 0.682. The normalized spacial score (nSPS) is 23.2. The zero-order chi connectivity index (χ0) is 20.6. The van der Waals surface area contributed by atoms with Crippen LogP contribution in [0.25, 0.3) is 0 Å². The van der Waals surface area contributed by atoms with Crippen LogP contribution >= 0.6 is 0 Å². The van der Waals surface area contributed by atoms with E-state index in [1.54, 1.807) is 6.07 Å².